The van der Waals surface area contributed by atoms with Gasteiger partial charge in [0.25, 0.3) is 10.0 Å². The highest BCUT2D eigenvalue weighted by molar-refractivity contribution is 7.89. The quantitative estimate of drug-likeness (QED) is 0.692. The Morgan fingerprint density at radius 2 is 2.17 bits per heavy atom. The Bertz CT molecular complexity index is 519. The van der Waals surface area contributed by atoms with Gasteiger partial charge in [0.1, 0.15) is 0 Å². The van der Waals surface area contributed by atoms with E-state index in [0.29, 0.717) is 12.8 Å². The van der Waals surface area contributed by atoms with Crippen molar-refractivity contribution in [2.45, 2.75) is 24.3 Å². The van der Waals surface area contributed by atoms with Crippen LogP contribution >= 0.6 is 0 Å². The van der Waals surface area contributed by atoms with Crippen molar-refractivity contribution in [1.82, 2.24) is 9.71 Å². The van der Waals surface area contributed by atoms with Crippen LogP contribution in [0.1, 0.15) is 19.3 Å². The fourth-order valence-electron chi connectivity index (χ4n) is 1.27. The van der Waals surface area contributed by atoms with E-state index in [1.165, 1.54) is 12.3 Å². The number of rotatable bonds is 7. The summed E-state index contributed by atoms with van der Waals surface area (Å²) < 4.78 is 38.7. The lowest BCUT2D eigenvalue weighted by molar-refractivity contribution is -0.118. The van der Waals surface area contributed by atoms with Gasteiger partial charge in [0.2, 0.25) is 10.9 Å². The van der Waals surface area contributed by atoms with Gasteiger partial charge in [-0.05, 0) is 25.0 Å². The Kier molecular flexibility index (Phi) is 5.17. The van der Waals surface area contributed by atoms with Gasteiger partial charge in [-0.15, -0.1) is 0 Å². The number of aromatic nitrogens is 1. The maximum absolute atomic E-state index is 13.2. The van der Waals surface area contributed by atoms with Crippen molar-refractivity contribution in [2.24, 2.45) is 5.73 Å². The van der Waals surface area contributed by atoms with E-state index in [0.717, 1.165) is 6.07 Å². The standard InChI is InChI=1S/C10H14FN3O3S/c11-8-4-3-6-13-10(8)18(16,17)14-7-2-1-5-9(12)15/h3-4,6,14H,1-2,5,7H2,(H2,12,15). The second-order valence-corrected chi connectivity index (χ2v) is 5.29. The molecule has 0 radical (unpaired) electrons. The molecule has 1 aromatic heterocycles. The molecule has 0 saturated heterocycles. The third-order valence-corrected chi connectivity index (χ3v) is 3.51. The van der Waals surface area contributed by atoms with Gasteiger partial charge < -0.3 is 5.73 Å². The molecule has 0 aliphatic rings. The highest BCUT2D eigenvalue weighted by atomic mass is 32.2. The third kappa shape index (κ3) is 4.38. The van der Waals surface area contributed by atoms with Gasteiger partial charge in [-0.3, -0.25) is 4.79 Å². The molecule has 0 bridgehead atoms. The zero-order valence-corrected chi connectivity index (χ0v) is 10.4. The second kappa shape index (κ2) is 6.41. The fourth-order valence-corrected chi connectivity index (χ4v) is 2.34. The molecule has 1 rings (SSSR count). The summed E-state index contributed by atoms with van der Waals surface area (Å²) in [5.41, 5.74) is 4.93. The number of amides is 1. The van der Waals surface area contributed by atoms with Crippen molar-refractivity contribution in [1.29, 1.82) is 0 Å². The summed E-state index contributed by atoms with van der Waals surface area (Å²) in [6, 6.07) is 2.33. The molecule has 0 fully saturated rings. The molecule has 100 valence electrons. The number of primary amides is 1. The number of nitrogens with zero attached hydrogens (tertiary/aromatic N) is 1. The molecule has 1 amide bonds. The monoisotopic (exact) mass is 275 g/mol. The SMILES string of the molecule is NC(=O)CCCCNS(=O)(=O)c1ncccc1F. The van der Waals surface area contributed by atoms with Crippen LogP contribution in [0.4, 0.5) is 4.39 Å². The number of carbonyl (C=O) groups excluding carboxylic acids is 1. The first kappa shape index (κ1) is 14.5. The van der Waals surface area contributed by atoms with Crippen LogP contribution in [0.2, 0.25) is 0 Å². The molecule has 1 aromatic rings. The summed E-state index contributed by atoms with van der Waals surface area (Å²) in [5, 5.41) is -0.625. The minimum Gasteiger partial charge on any atom is -0.370 e. The number of hydrogen-bond acceptors (Lipinski definition) is 4. The maximum atomic E-state index is 13.2. The van der Waals surface area contributed by atoms with Crippen molar-refractivity contribution in [3.05, 3.63) is 24.1 Å². The van der Waals surface area contributed by atoms with E-state index in [1.807, 2.05) is 0 Å². The largest absolute Gasteiger partial charge is 0.370 e. The summed E-state index contributed by atoms with van der Waals surface area (Å²) >= 11 is 0. The molecule has 0 aliphatic carbocycles. The number of unbranched alkanes of at least 4 members (excludes halogenated alkanes) is 1. The van der Waals surface area contributed by atoms with E-state index in [2.05, 4.69) is 9.71 Å². The van der Waals surface area contributed by atoms with Crippen molar-refractivity contribution >= 4 is 15.9 Å². The van der Waals surface area contributed by atoms with E-state index >= 15 is 0 Å². The van der Waals surface area contributed by atoms with Crippen molar-refractivity contribution in [3.8, 4) is 0 Å². The molecule has 3 N–H and O–H groups in total. The van der Waals surface area contributed by atoms with E-state index in [-0.39, 0.29) is 13.0 Å². The third-order valence-electron chi connectivity index (χ3n) is 2.12. The van der Waals surface area contributed by atoms with Crippen LogP contribution in [0.3, 0.4) is 0 Å². The number of halogens is 1. The number of sulfonamides is 1. The van der Waals surface area contributed by atoms with Crippen LogP contribution < -0.4 is 10.5 Å². The Hall–Kier alpha value is -1.54. The van der Waals surface area contributed by atoms with Crippen molar-refractivity contribution in [3.63, 3.8) is 0 Å². The first-order chi connectivity index (χ1) is 8.43. The fraction of sp³-hybridized carbons (Fsp3) is 0.400. The van der Waals surface area contributed by atoms with Crippen molar-refractivity contribution < 1.29 is 17.6 Å². The minimum absolute atomic E-state index is 0.103. The molecule has 6 nitrogen and oxygen atoms in total. The number of pyridine rings is 1. The van der Waals surface area contributed by atoms with Gasteiger partial charge in [0.15, 0.2) is 5.82 Å². The van der Waals surface area contributed by atoms with Gasteiger partial charge in [-0.2, -0.15) is 0 Å². The zero-order valence-electron chi connectivity index (χ0n) is 9.60. The predicted octanol–water partition coefficient (Wildman–Crippen LogP) is 0.155. The Balaban J connectivity index is 2.51. The Morgan fingerprint density at radius 1 is 1.44 bits per heavy atom. The smallest absolute Gasteiger partial charge is 0.261 e. The average molecular weight is 275 g/mol. The van der Waals surface area contributed by atoms with Crippen LogP contribution in [0, 0.1) is 5.82 Å². The van der Waals surface area contributed by atoms with Gasteiger partial charge >= 0.3 is 0 Å². The van der Waals surface area contributed by atoms with Crippen LogP contribution in [0.5, 0.6) is 0 Å². The summed E-state index contributed by atoms with van der Waals surface area (Å²) in [4.78, 5) is 13.9. The Labute approximate surface area is 104 Å². The summed E-state index contributed by atoms with van der Waals surface area (Å²) in [5.74, 6) is -1.34. The molecule has 0 atom stereocenters. The lowest BCUT2D eigenvalue weighted by Gasteiger charge is -2.06. The number of hydrogen-bond donors (Lipinski definition) is 2. The molecule has 8 heteroatoms. The van der Waals surface area contributed by atoms with E-state index < -0.39 is 26.8 Å². The van der Waals surface area contributed by atoms with E-state index in [9.17, 15) is 17.6 Å². The average Bonchev–Trinajstić information content (AvgIpc) is 2.28. The zero-order chi connectivity index (χ0) is 13.6. The van der Waals surface area contributed by atoms with Crippen LogP contribution in [0.15, 0.2) is 23.4 Å². The first-order valence-corrected chi connectivity index (χ1v) is 6.80. The highest BCUT2D eigenvalue weighted by Gasteiger charge is 2.19. The first-order valence-electron chi connectivity index (χ1n) is 5.32. The van der Waals surface area contributed by atoms with Gasteiger partial charge in [0.05, 0.1) is 0 Å². The van der Waals surface area contributed by atoms with Crippen LogP contribution in [-0.2, 0) is 14.8 Å². The molecular weight excluding hydrogens is 261 g/mol. The highest BCUT2D eigenvalue weighted by Crippen LogP contribution is 2.09. The summed E-state index contributed by atoms with van der Waals surface area (Å²) in [6.45, 7) is 0.103. The van der Waals surface area contributed by atoms with E-state index in [1.54, 1.807) is 0 Å². The van der Waals surface area contributed by atoms with Gasteiger partial charge in [-0.1, -0.05) is 0 Å². The minimum atomic E-state index is -3.94. The molecule has 0 aliphatic heterocycles. The molecule has 0 saturated carbocycles. The van der Waals surface area contributed by atoms with Gasteiger partial charge in [0, 0.05) is 19.2 Å². The summed E-state index contributed by atoms with van der Waals surface area (Å²) in [7, 11) is -3.94. The molecule has 0 spiro atoms. The molecule has 18 heavy (non-hydrogen) atoms. The number of carbonyl (C=O) groups is 1. The Morgan fingerprint density at radius 3 is 2.78 bits per heavy atom. The predicted molar refractivity (Wildman–Crippen MR) is 62.4 cm³/mol. The van der Waals surface area contributed by atoms with Crippen LogP contribution in [0.25, 0.3) is 0 Å². The topological polar surface area (TPSA) is 102 Å². The second-order valence-electron chi connectivity index (χ2n) is 3.61. The molecule has 1 heterocycles. The lowest BCUT2D eigenvalue weighted by Crippen LogP contribution is -2.26. The molecular formula is C10H14FN3O3S. The number of nitrogens with two attached hydrogens (primary N) is 1. The maximum Gasteiger partial charge on any atom is 0.261 e. The molecule has 0 aromatic carbocycles. The van der Waals surface area contributed by atoms with E-state index in [4.69, 9.17) is 5.73 Å². The number of nitrogens with one attached hydrogen (secondary N) is 1. The van der Waals surface area contributed by atoms with Gasteiger partial charge in [-0.25, -0.2) is 22.5 Å². The summed E-state index contributed by atoms with van der Waals surface area (Å²) in [6.07, 6.45) is 2.31. The lowest BCUT2D eigenvalue weighted by atomic mass is 10.2. The molecule has 0 unspecified atom stereocenters. The van der Waals surface area contributed by atoms with Crippen LogP contribution in [-0.4, -0.2) is 25.9 Å². The van der Waals surface area contributed by atoms with Crippen molar-refractivity contribution in [2.75, 3.05) is 6.54 Å². The normalized spacial score (nSPS) is 11.4.